The van der Waals surface area contributed by atoms with Crippen molar-refractivity contribution in [2.45, 2.75) is 72.1 Å². The Hall–Kier alpha value is -4.94. The summed E-state index contributed by atoms with van der Waals surface area (Å²) < 4.78 is 7.62. The molecule has 0 saturated heterocycles. The van der Waals surface area contributed by atoms with E-state index in [1.54, 1.807) is 59.1 Å². The van der Waals surface area contributed by atoms with Crippen LogP contribution >= 0.6 is 0 Å². The molecule has 242 valence electrons. The normalized spacial score (nSPS) is 12.4. The number of rotatable bonds is 11. The molecule has 0 aliphatic heterocycles. The van der Waals surface area contributed by atoms with E-state index in [2.05, 4.69) is 29.5 Å². The van der Waals surface area contributed by atoms with Crippen LogP contribution in [-0.2, 0) is 27.3 Å². The number of nitrogens with one attached hydrogen (secondary N) is 2. The first-order chi connectivity index (χ1) is 21.1. The third-order valence-corrected chi connectivity index (χ3v) is 6.58. The van der Waals surface area contributed by atoms with Crippen LogP contribution in [0, 0.1) is 5.92 Å². The quantitative estimate of drug-likeness (QED) is 0.267. The van der Waals surface area contributed by atoms with E-state index >= 15 is 0 Å². The number of carbonyl (C=O) groups excluding carboxylic acids is 3. The highest BCUT2D eigenvalue weighted by molar-refractivity contribution is 5.96. The third kappa shape index (κ3) is 9.52. The minimum Gasteiger partial charge on any atom is -0.464 e. The van der Waals surface area contributed by atoms with Crippen LogP contribution in [0.4, 0.5) is 15.3 Å². The monoisotopic (exact) mass is 622 g/mol. The van der Waals surface area contributed by atoms with Crippen LogP contribution in [0.1, 0.15) is 58.8 Å². The van der Waals surface area contributed by atoms with Crippen LogP contribution in [0.25, 0.3) is 11.0 Å². The zero-order valence-corrected chi connectivity index (χ0v) is 26.8. The molecule has 1 unspecified atom stereocenters. The van der Waals surface area contributed by atoms with Crippen molar-refractivity contribution >= 4 is 40.7 Å². The van der Waals surface area contributed by atoms with Crippen LogP contribution in [0.15, 0.2) is 53.5 Å². The zero-order valence-electron chi connectivity index (χ0n) is 26.8. The highest BCUT2D eigenvalue weighted by Crippen LogP contribution is 2.23. The predicted octanol–water partition coefficient (Wildman–Crippen LogP) is 4.23. The van der Waals surface area contributed by atoms with Crippen molar-refractivity contribution in [3.8, 4) is 0 Å². The van der Waals surface area contributed by atoms with Gasteiger partial charge in [0.2, 0.25) is 11.8 Å². The largest absolute Gasteiger partial charge is 0.464 e. The number of ether oxygens (including phenoxy) is 1. The summed E-state index contributed by atoms with van der Waals surface area (Å²) >= 11 is 0. The van der Waals surface area contributed by atoms with Crippen LogP contribution in [-0.4, -0.2) is 73.9 Å². The van der Waals surface area contributed by atoms with Crippen molar-refractivity contribution in [1.29, 1.82) is 0 Å². The number of hydrogen-bond acceptors (Lipinski definition) is 7. The van der Waals surface area contributed by atoms with Gasteiger partial charge in [-0.1, -0.05) is 32.1 Å². The summed E-state index contributed by atoms with van der Waals surface area (Å²) in [7, 11) is 3.22. The Morgan fingerprint density at radius 2 is 1.82 bits per heavy atom. The second kappa shape index (κ2) is 14.7. The molecular formula is C32H42N6O7. The van der Waals surface area contributed by atoms with Crippen molar-refractivity contribution in [3.63, 3.8) is 0 Å². The summed E-state index contributed by atoms with van der Waals surface area (Å²) in [5, 5.41) is 15.1. The van der Waals surface area contributed by atoms with Gasteiger partial charge in [-0.25, -0.2) is 19.1 Å². The Balaban J connectivity index is 1.88. The number of anilines is 1. The van der Waals surface area contributed by atoms with Gasteiger partial charge in [-0.2, -0.15) is 0 Å². The topological polar surface area (TPSA) is 165 Å². The number of benzene rings is 1. The van der Waals surface area contributed by atoms with Gasteiger partial charge in [0, 0.05) is 20.3 Å². The van der Waals surface area contributed by atoms with E-state index in [1.165, 1.54) is 27.8 Å². The highest BCUT2D eigenvalue weighted by Gasteiger charge is 2.25. The molecule has 0 aliphatic carbocycles. The lowest BCUT2D eigenvalue weighted by Crippen LogP contribution is -2.46. The van der Waals surface area contributed by atoms with Gasteiger partial charge in [-0.15, -0.1) is 0 Å². The molecule has 1 aromatic carbocycles. The lowest BCUT2D eigenvalue weighted by Gasteiger charge is -2.23. The summed E-state index contributed by atoms with van der Waals surface area (Å²) in [5.41, 5.74) is 0.406. The van der Waals surface area contributed by atoms with Crippen LogP contribution in [0.3, 0.4) is 0 Å². The van der Waals surface area contributed by atoms with Gasteiger partial charge in [-0.05, 0) is 75.8 Å². The predicted molar refractivity (Wildman–Crippen MR) is 170 cm³/mol. The van der Waals surface area contributed by atoms with Crippen LogP contribution in [0.2, 0.25) is 0 Å². The van der Waals surface area contributed by atoms with Gasteiger partial charge in [-0.3, -0.25) is 14.4 Å². The van der Waals surface area contributed by atoms with E-state index in [4.69, 9.17) is 4.74 Å². The van der Waals surface area contributed by atoms with Crippen LogP contribution in [0.5, 0.6) is 0 Å². The Morgan fingerprint density at radius 3 is 2.44 bits per heavy atom. The smallest absolute Gasteiger partial charge is 0.417 e. The number of carbonyl (C=O) groups is 4. The summed E-state index contributed by atoms with van der Waals surface area (Å²) in [6, 6.07) is 7.23. The Kier molecular flexibility index (Phi) is 11.3. The van der Waals surface area contributed by atoms with Gasteiger partial charge >= 0.3 is 12.2 Å². The molecule has 0 fully saturated rings. The van der Waals surface area contributed by atoms with Crippen molar-refractivity contribution in [2.75, 3.05) is 19.4 Å². The molecule has 0 saturated carbocycles. The standard InChI is InChI=1S/C32H42N6O7/c1-20(2)18-21-12-10-15-24-27(21)35-25(38(24)31(43)44)19-37-17-11-14-23(29(37)41)33-28(40)22(34-30(42)45-32(3,4)5)13-8-9-16-26(39)36(6)7/h9-12,14-17,20,22H,8,13,18-19H2,1-7H3,(H,33,40)(H,34,42)(H,43,44). The minimum atomic E-state index is -1.23. The van der Waals surface area contributed by atoms with E-state index < -0.39 is 35.3 Å². The number of fused-ring (bicyclic) bond motifs is 1. The SMILES string of the molecule is CC(C)Cc1cccc2c1nc(Cn1cccc(NC(=O)C(CCC=CC(=O)N(C)C)NC(=O)OC(C)(C)C)c1=O)n2C(=O)O. The fraction of sp³-hybridized carbons (Fsp3) is 0.438. The second-order valence-corrected chi connectivity index (χ2v) is 12.3. The fourth-order valence-corrected chi connectivity index (χ4v) is 4.57. The molecule has 3 amide bonds. The van der Waals surface area contributed by atoms with E-state index in [0.717, 1.165) is 10.1 Å². The highest BCUT2D eigenvalue weighted by atomic mass is 16.6. The molecule has 13 nitrogen and oxygen atoms in total. The molecule has 0 radical (unpaired) electrons. The Labute approximate surface area is 261 Å². The first kappa shape index (κ1) is 34.5. The van der Waals surface area contributed by atoms with Gasteiger partial charge in [0.05, 0.1) is 17.6 Å². The van der Waals surface area contributed by atoms with E-state index in [-0.39, 0.29) is 36.8 Å². The lowest BCUT2D eigenvalue weighted by molar-refractivity contribution is -0.123. The van der Waals surface area contributed by atoms with Crippen LogP contribution < -0.4 is 16.2 Å². The van der Waals surface area contributed by atoms with Crippen molar-refractivity contribution in [3.05, 3.63) is 70.4 Å². The number of amides is 3. The molecule has 2 aromatic heterocycles. The lowest BCUT2D eigenvalue weighted by atomic mass is 10.0. The molecular weight excluding hydrogens is 580 g/mol. The molecule has 45 heavy (non-hydrogen) atoms. The molecule has 3 aromatic rings. The maximum absolute atomic E-state index is 13.4. The van der Waals surface area contributed by atoms with Crippen molar-refractivity contribution < 1.29 is 29.0 Å². The molecule has 2 heterocycles. The summed E-state index contributed by atoms with van der Waals surface area (Å²) in [6.45, 7) is 9.01. The number of para-hydroxylation sites is 1. The average molecular weight is 623 g/mol. The van der Waals surface area contributed by atoms with Gasteiger partial charge in [0.1, 0.15) is 23.2 Å². The maximum atomic E-state index is 13.4. The minimum absolute atomic E-state index is 0.0738. The summed E-state index contributed by atoms with van der Waals surface area (Å²) in [5.74, 6) is -0.433. The fourth-order valence-electron chi connectivity index (χ4n) is 4.57. The average Bonchev–Trinajstić information content (AvgIpc) is 3.30. The molecule has 0 bridgehead atoms. The molecule has 1 atom stereocenters. The second-order valence-electron chi connectivity index (χ2n) is 12.3. The number of alkyl carbamates (subject to hydrolysis) is 1. The molecule has 0 spiro atoms. The number of nitrogens with zero attached hydrogens (tertiary/aromatic N) is 4. The number of hydrogen-bond donors (Lipinski definition) is 3. The molecule has 3 rings (SSSR count). The third-order valence-electron chi connectivity index (χ3n) is 6.58. The van der Waals surface area contributed by atoms with E-state index in [0.29, 0.717) is 23.4 Å². The number of allylic oxidation sites excluding steroid dienone is 1. The van der Waals surface area contributed by atoms with Gasteiger partial charge in [0.25, 0.3) is 5.56 Å². The number of pyridine rings is 1. The first-order valence-corrected chi connectivity index (χ1v) is 14.7. The first-order valence-electron chi connectivity index (χ1n) is 14.7. The van der Waals surface area contributed by atoms with Crippen molar-refractivity contribution in [2.24, 2.45) is 5.92 Å². The molecule has 0 aliphatic rings. The zero-order chi connectivity index (χ0) is 33.5. The number of carboxylic acid groups (broad SMARTS) is 1. The Bertz CT molecular complexity index is 1650. The van der Waals surface area contributed by atoms with Gasteiger partial charge in [0.15, 0.2) is 0 Å². The summed E-state index contributed by atoms with van der Waals surface area (Å²) in [4.78, 5) is 69.4. The maximum Gasteiger partial charge on any atom is 0.417 e. The number of likely N-dealkylation sites (N-methyl/N-ethyl adjacent to an activating group) is 1. The van der Waals surface area contributed by atoms with Crippen molar-refractivity contribution in [1.82, 2.24) is 24.3 Å². The number of aromatic nitrogens is 3. The van der Waals surface area contributed by atoms with E-state index in [1.807, 2.05) is 6.07 Å². The summed E-state index contributed by atoms with van der Waals surface area (Å²) in [6.07, 6.45) is 3.48. The number of imidazole rings is 1. The molecule has 13 heteroatoms. The Morgan fingerprint density at radius 1 is 1.11 bits per heavy atom. The van der Waals surface area contributed by atoms with Gasteiger partial charge < -0.3 is 29.9 Å². The van der Waals surface area contributed by atoms with E-state index in [9.17, 15) is 29.1 Å². The molecule has 3 N–H and O–H groups in total.